The number of hydrogen-bond donors (Lipinski definition) is 0. The van der Waals surface area contributed by atoms with Gasteiger partial charge in [-0.2, -0.15) is 0 Å². The van der Waals surface area contributed by atoms with Crippen molar-refractivity contribution < 1.29 is 8.78 Å². The summed E-state index contributed by atoms with van der Waals surface area (Å²) in [4.78, 5) is 0. The number of fused-ring (bicyclic) bond motifs is 1. The second-order valence-corrected chi connectivity index (χ2v) is 4.41. The molecular formula is C9H14F2. The molecule has 0 aromatic carbocycles. The lowest BCUT2D eigenvalue weighted by Crippen LogP contribution is -2.15. The van der Waals surface area contributed by atoms with Crippen LogP contribution < -0.4 is 0 Å². The van der Waals surface area contributed by atoms with E-state index in [0.717, 1.165) is 0 Å². The van der Waals surface area contributed by atoms with Crippen LogP contribution in [0.2, 0.25) is 0 Å². The van der Waals surface area contributed by atoms with E-state index in [2.05, 4.69) is 13.8 Å². The zero-order valence-electron chi connectivity index (χ0n) is 6.98. The Morgan fingerprint density at radius 1 is 1.18 bits per heavy atom. The first-order valence-electron chi connectivity index (χ1n) is 4.39. The predicted molar refractivity (Wildman–Crippen MR) is 39.5 cm³/mol. The molecule has 2 atom stereocenters. The molecule has 0 radical (unpaired) electrons. The van der Waals surface area contributed by atoms with Gasteiger partial charge in [-0.25, -0.2) is 8.78 Å². The molecular weight excluding hydrogens is 146 g/mol. The molecule has 0 N–H and O–H groups in total. The average Bonchev–Trinajstić information content (AvgIpc) is 2.31. The fourth-order valence-electron chi connectivity index (χ4n) is 2.81. The van der Waals surface area contributed by atoms with Crippen LogP contribution in [0.5, 0.6) is 0 Å². The normalized spacial score (nSPS) is 46.1. The number of alkyl halides is 2. The van der Waals surface area contributed by atoms with Crippen LogP contribution in [0.25, 0.3) is 0 Å². The summed E-state index contributed by atoms with van der Waals surface area (Å²) in [6.07, 6.45) is 0.334. The van der Waals surface area contributed by atoms with Crippen molar-refractivity contribution in [2.45, 2.75) is 32.6 Å². The van der Waals surface area contributed by atoms with Crippen LogP contribution in [0.1, 0.15) is 26.7 Å². The molecule has 2 fully saturated rings. The Kier molecular flexibility index (Phi) is 1.34. The smallest absolute Gasteiger partial charge is 0.207 e. The number of rotatable bonds is 1. The molecule has 0 bridgehead atoms. The summed E-state index contributed by atoms with van der Waals surface area (Å²) in [5, 5.41) is 0. The van der Waals surface area contributed by atoms with Crippen molar-refractivity contribution >= 4 is 0 Å². The van der Waals surface area contributed by atoms with Crippen LogP contribution in [-0.4, -0.2) is 5.92 Å². The highest BCUT2D eigenvalue weighted by Crippen LogP contribution is 2.64. The van der Waals surface area contributed by atoms with Crippen molar-refractivity contribution in [1.29, 1.82) is 0 Å². The Morgan fingerprint density at radius 3 is 2.00 bits per heavy atom. The Balaban J connectivity index is 1.96. The van der Waals surface area contributed by atoms with E-state index in [1.165, 1.54) is 0 Å². The topological polar surface area (TPSA) is 0 Å². The van der Waals surface area contributed by atoms with Crippen molar-refractivity contribution in [3.8, 4) is 0 Å². The quantitative estimate of drug-likeness (QED) is 0.553. The zero-order chi connectivity index (χ0) is 8.22. The molecule has 0 amide bonds. The van der Waals surface area contributed by atoms with Crippen LogP contribution in [0, 0.1) is 23.7 Å². The number of hydrogen-bond acceptors (Lipinski definition) is 0. The standard InChI is InChI=1S/C9H14F2/c1-5(2)8-6-3-9(10,11)4-7(6)8/h5-8H,3-4H2,1-2H3. The second-order valence-electron chi connectivity index (χ2n) is 4.41. The van der Waals surface area contributed by atoms with E-state index in [9.17, 15) is 8.78 Å². The van der Waals surface area contributed by atoms with Gasteiger partial charge in [0.25, 0.3) is 0 Å². The summed E-state index contributed by atoms with van der Waals surface area (Å²) >= 11 is 0. The molecule has 64 valence electrons. The fraction of sp³-hybridized carbons (Fsp3) is 1.00. The molecule has 2 unspecified atom stereocenters. The van der Waals surface area contributed by atoms with Gasteiger partial charge in [-0.3, -0.25) is 0 Å². The van der Waals surface area contributed by atoms with E-state index in [0.29, 0.717) is 23.7 Å². The molecule has 2 aliphatic rings. The summed E-state index contributed by atoms with van der Waals surface area (Å²) < 4.78 is 25.3. The first kappa shape index (κ1) is 7.51. The van der Waals surface area contributed by atoms with Crippen molar-refractivity contribution in [1.82, 2.24) is 0 Å². The average molecular weight is 160 g/mol. The van der Waals surface area contributed by atoms with E-state index in [1.54, 1.807) is 0 Å². The SMILES string of the molecule is CC(C)C1C2CC(F)(F)CC21. The van der Waals surface area contributed by atoms with E-state index < -0.39 is 5.92 Å². The molecule has 11 heavy (non-hydrogen) atoms. The summed E-state index contributed by atoms with van der Waals surface area (Å²) in [6.45, 7) is 4.28. The van der Waals surface area contributed by atoms with Gasteiger partial charge in [0.05, 0.1) is 0 Å². The monoisotopic (exact) mass is 160 g/mol. The third-order valence-electron chi connectivity index (χ3n) is 3.24. The third-order valence-corrected chi connectivity index (χ3v) is 3.24. The van der Waals surface area contributed by atoms with Gasteiger partial charge in [-0.15, -0.1) is 0 Å². The summed E-state index contributed by atoms with van der Waals surface area (Å²) in [7, 11) is 0. The Labute approximate surface area is 66.0 Å². The third kappa shape index (κ3) is 1.07. The first-order valence-corrected chi connectivity index (χ1v) is 4.39. The maximum Gasteiger partial charge on any atom is 0.248 e. The Hall–Kier alpha value is -0.140. The van der Waals surface area contributed by atoms with Gasteiger partial charge in [-0.05, 0) is 23.7 Å². The summed E-state index contributed by atoms with van der Waals surface area (Å²) in [5.41, 5.74) is 0. The molecule has 0 aromatic heterocycles. The molecule has 0 nitrogen and oxygen atoms in total. The number of halogens is 2. The van der Waals surface area contributed by atoms with Crippen LogP contribution in [-0.2, 0) is 0 Å². The second kappa shape index (κ2) is 1.96. The van der Waals surface area contributed by atoms with Gasteiger partial charge >= 0.3 is 0 Å². The lowest BCUT2D eigenvalue weighted by molar-refractivity contribution is -0.0102. The van der Waals surface area contributed by atoms with E-state index in [4.69, 9.17) is 0 Å². The van der Waals surface area contributed by atoms with Crippen molar-refractivity contribution in [3.05, 3.63) is 0 Å². The molecule has 2 rings (SSSR count). The zero-order valence-corrected chi connectivity index (χ0v) is 6.98. The minimum Gasteiger partial charge on any atom is -0.207 e. The molecule has 0 aliphatic heterocycles. The van der Waals surface area contributed by atoms with Crippen LogP contribution in [0.15, 0.2) is 0 Å². The fourth-order valence-corrected chi connectivity index (χ4v) is 2.81. The molecule has 2 heteroatoms. The maximum absolute atomic E-state index is 12.7. The molecule has 0 spiro atoms. The Morgan fingerprint density at radius 2 is 1.64 bits per heavy atom. The van der Waals surface area contributed by atoms with Gasteiger partial charge < -0.3 is 0 Å². The highest BCUT2D eigenvalue weighted by Gasteiger charge is 2.63. The van der Waals surface area contributed by atoms with E-state index in [1.807, 2.05) is 0 Å². The molecule has 2 aliphatic carbocycles. The van der Waals surface area contributed by atoms with Crippen LogP contribution in [0.3, 0.4) is 0 Å². The highest BCUT2D eigenvalue weighted by molar-refractivity contribution is 5.07. The lowest BCUT2D eigenvalue weighted by atomic mass is 9.99. The van der Waals surface area contributed by atoms with E-state index >= 15 is 0 Å². The first-order chi connectivity index (χ1) is 5.01. The van der Waals surface area contributed by atoms with Gasteiger partial charge in [-0.1, -0.05) is 13.8 Å². The Bertz CT molecular complexity index is 160. The van der Waals surface area contributed by atoms with Crippen LogP contribution >= 0.6 is 0 Å². The van der Waals surface area contributed by atoms with Gasteiger partial charge in [0.2, 0.25) is 5.92 Å². The maximum atomic E-state index is 12.7. The minimum absolute atomic E-state index is 0.167. The highest BCUT2D eigenvalue weighted by atomic mass is 19.3. The molecule has 2 saturated carbocycles. The molecule has 0 heterocycles. The predicted octanol–water partition coefficient (Wildman–Crippen LogP) is 2.93. The van der Waals surface area contributed by atoms with Crippen molar-refractivity contribution in [2.75, 3.05) is 0 Å². The van der Waals surface area contributed by atoms with Crippen LogP contribution in [0.4, 0.5) is 8.78 Å². The van der Waals surface area contributed by atoms with Crippen molar-refractivity contribution in [2.24, 2.45) is 23.7 Å². The molecule has 0 saturated heterocycles. The minimum atomic E-state index is -2.32. The van der Waals surface area contributed by atoms with E-state index in [-0.39, 0.29) is 12.8 Å². The largest absolute Gasteiger partial charge is 0.248 e. The van der Waals surface area contributed by atoms with Gasteiger partial charge in [0.15, 0.2) is 0 Å². The van der Waals surface area contributed by atoms with Gasteiger partial charge in [0, 0.05) is 12.8 Å². The summed E-state index contributed by atoms with van der Waals surface area (Å²) in [5.74, 6) is -0.355. The lowest BCUT2D eigenvalue weighted by Gasteiger charge is -2.14. The summed E-state index contributed by atoms with van der Waals surface area (Å²) in [6, 6.07) is 0. The van der Waals surface area contributed by atoms with Crippen molar-refractivity contribution in [3.63, 3.8) is 0 Å². The van der Waals surface area contributed by atoms with Gasteiger partial charge in [0.1, 0.15) is 0 Å². The molecule has 0 aromatic rings.